The van der Waals surface area contributed by atoms with Crippen LogP contribution in [-0.4, -0.2) is 38.8 Å². The van der Waals surface area contributed by atoms with E-state index in [1.165, 1.54) is 0 Å². The first-order valence-corrected chi connectivity index (χ1v) is 6.27. The lowest BCUT2D eigenvalue weighted by atomic mass is 10.2. The number of anilines is 1. The average Bonchev–Trinajstić information content (AvgIpc) is 2.76. The number of rotatable bonds is 5. The van der Waals surface area contributed by atoms with Crippen LogP contribution in [0.2, 0.25) is 0 Å². The molecule has 0 atom stereocenters. The van der Waals surface area contributed by atoms with Crippen molar-refractivity contribution >= 4 is 17.4 Å². The zero-order chi connectivity index (χ0) is 14.0. The van der Waals surface area contributed by atoms with Gasteiger partial charge in [-0.25, -0.2) is 9.50 Å². The van der Waals surface area contributed by atoms with Crippen LogP contribution >= 0.6 is 0 Å². The third kappa shape index (κ3) is 3.01. The Morgan fingerprint density at radius 3 is 2.84 bits per heavy atom. The Morgan fingerprint density at radius 2 is 2.21 bits per heavy atom. The fourth-order valence-corrected chi connectivity index (χ4v) is 1.73. The van der Waals surface area contributed by atoms with Crippen LogP contribution in [0.1, 0.15) is 26.0 Å². The molecule has 0 saturated carbocycles. The number of carboxylic acid groups (broad SMARTS) is 1. The van der Waals surface area contributed by atoms with E-state index in [1.807, 2.05) is 19.2 Å². The second-order valence-electron chi connectivity index (χ2n) is 4.82. The van der Waals surface area contributed by atoms with Crippen molar-refractivity contribution in [3.05, 3.63) is 24.0 Å². The number of imidazole rings is 1. The van der Waals surface area contributed by atoms with E-state index in [0.717, 1.165) is 17.2 Å². The molecule has 0 radical (unpaired) electrons. The normalized spacial score (nSPS) is 11.2. The van der Waals surface area contributed by atoms with Gasteiger partial charge in [-0.15, -0.1) is 5.10 Å². The molecule has 6 heteroatoms. The molecule has 0 aliphatic rings. The summed E-state index contributed by atoms with van der Waals surface area (Å²) >= 11 is 0. The minimum atomic E-state index is -0.815. The Kier molecular flexibility index (Phi) is 3.69. The maximum Gasteiger partial charge on any atom is 0.303 e. The second-order valence-corrected chi connectivity index (χ2v) is 4.82. The van der Waals surface area contributed by atoms with Crippen LogP contribution in [0.4, 0.5) is 5.82 Å². The fraction of sp³-hybridized carbons (Fsp3) is 0.462. The standard InChI is InChI=1S/C13H18N4O2/c1-9(2)16(3)12-6-5-11-14-10(4-7-13(18)19)8-17(11)15-12/h5-6,8-9H,4,7H2,1-3H3,(H,18,19). The van der Waals surface area contributed by atoms with Gasteiger partial charge in [0.05, 0.1) is 18.3 Å². The molecule has 2 rings (SSSR count). The third-order valence-corrected chi connectivity index (χ3v) is 3.09. The predicted octanol–water partition coefficient (Wildman–Crippen LogP) is 1.59. The van der Waals surface area contributed by atoms with Crippen LogP contribution < -0.4 is 4.90 Å². The van der Waals surface area contributed by atoms with E-state index in [-0.39, 0.29) is 6.42 Å². The number of carboxylic acids is 1. The van der Waals surface area contributed by atoms with E-state index >= 15 is 0 Å². The summed E-state index contributed by atoms with van der Waals surface area (Å²) in [7, 11) is 1.99. The first-order valence-electron chi connectivity index (χ1n) is 6.27. The van der Waals surface area contributed by atoms with Gasteiger partial charge in [-0.2, -0.15) is 0 Å². The van der Waals surface area contributed by atoms with Crippen LogP contribution in [0.3, 0.4) is 0 Å². The quantitative estimate of drug-likeness (QED) is 0.886. The molecule has 0 bridgehead atoms. The Bertz CT molecular complexity index is 591. The Hall–Kier alpha value is -2.11. The lowest BCUT2D eigenvalue weighted by Crippen LogP contribution is -2.26. The number of aliphatic carboxylic acids is 1. The molecule has 0 amide bonds. The van der Waals surface area contributed by atoms with Gasteiger partial charge in [-0.1, -0.05) is 0 Å². The lowest BCUT2D eigenvalue weighted by molar-refractivity contribution is -0.136. The second kappa shape index (κ2) is 5.26. The van der Waals surface area contributed by atoms with Gasteiger partial charge >= 0.3 is 5.97 Å². The molecule has 0 aliphatic carbocycles. The molecule has 19 heavy (non-hydrogen) atoms. The monoisotopic (exact) mass is 262 g/mol. The number of fused-ring (bicyclic) bond motifs is 1. The van der Waals surface area contributed by atoms with Crippen molar-refractivity contribution in [2.24, 2.45) is 0 Å². The summed E-state index contributed by atoms with van der Waals surface area (Å²) in [6, 6.07) is 4.18. The number of aryl methyl sites for hydroxylation is 1. The summed E-state index contributed by atoms with van der Waals surface area (Å²) in [6.07, 6.45) is 2.30. The molecule has 0 fully saturated rings. The zero-order valence-corrected chi connectivity index (χ0v) is 11.4. The van der Waals surface area contributed by atoms with Gasteiger partial charge in [0.25, 0.3) is 0 Å². The van der Waals surface area contributed by atoms with E-state index in [1.54, 1.807) is 10.7 Å². The maximum absolute atomic E-state index is 10.5. The highest BCUT2D eigenvalue weighted by Gasteiger charge is 2.09. The number of hydrogen-bond acceptors (Lipinski definition) is 4. The number of nitrogens with zero attached hydrogens (tertiary/aromatic N) is 4. The van der Waals surface area contributed by atoms with Crippen molar-refractivity contribution in [1.29, 1.82) is 0 Å². The highest BCUT2D eigenvalue weighted by Crippen LogP contribution is 2.14. The Morgan fingerprint density at radius 1 is 1.47 bits per heavy atom. The molecular weight excluding hydrogens is 244 g/mol. The van der Waals surface area contributed by atoms with Gasteiger partial charge < -0.3 is 10.0 Å². The lowest BCUT2D eigenvalue weighted by Gasteiger charge is -2.22. The summed E-state index contributed by atoms with van der Waals surface area (Å²) in [4.78, 5) is 17.0. The molecule has 102 valence electrons. The van der Waals surface area contributed by atoms with Gasteiger partial charge in [0.15, 0.2) is 5.65 Å². The van der Waals surface area contributed by atoms with Gasteiger partial charge in [0, 0.05) is 19.5 Å². The highest BCUT2D eigenvalue weighted by molar-refractivity contribution is 5.67. The molecule has 2 aromatic heterocycles. The molecule has 1 N–H and O–H groups in total. The summed E-state index contributed by atoms with van der Waals surface area (Å²) in [5.74, 6) is 0.0509. The molecule has 0 unspecified atom stereocenters. The molecular formula is C13H18N4O2. The van der Waals surface area contributed by atoms with Crippen LogP contribution in [0.25, 0.3) is 5.65 Å². The minimum Gasteiger partial charge on any atom is -0.481 e. The summed E-state index contributed by atoms with van der Waals surface area (Å²) in [5, 5.41) is 13.1. The minimum absolute atomic E-state index is 0.0859. The van der Waals surface area contributed by atoms with Crippen LogP contribution in [0.15, 0.2) is 18.3 Å². The van der Waals surface area contributed by atoms with Gasteiger partial charge in [0.1, 0.15) is 5.82 Å². The van der Waals surface area contributed by atoms with Crippen molar-refractivity contribution < 1.29 is 9.90 Å². The average molecular weight is 262 g/mol. The van der Waals surface area contributed by atoms with Crippen molar-refractivity contribution in [1.82, 2.24) is 14.6 Å². The van der Waals surface area contributed by atoms with Crippen LogP contribution in [-0.2, 0) is 11.2 Å². The summed E-state index contributed by atoms with van der Waals surface area (Å²) in [5.41, 5.74) is 1.49. The number of aromatic nitrogens is 3. The molecule has 0 aliphatic heterocycles. The fourth-order valence-electron chi connectivity index (χ4n) is 1.73. The first-order chi connectivity index (χ1) is 8.97. The van der Waals surface area contributed by atoms with Gasteiger partial charge in [-0.3, -0.25) is 4.79 Å². The first kappa shape index (κ1) is 13.3. The van der Waals surface area contributed by atoms with E-state index < -0.39 is 5.97 Å². The molecule has 2 heterocycles. The van der Waals surface area contributed by atoms with E-state index in [2.05, 4.69) is 28.8 Å². The summed E-state index contributed by atoms with van der Waals surface area (Å²) < 4.78 is 1.70. The zero-order valence-electron chi connectivity index (χ0n) is 11.4. The van der Waals surface area contributed by atoms with Crippen molar-refractivity contribution in [3.8, 4) is 0 Å². The number of hydrogen-bond donors (Lipinski definition) is 1. The van der Waals surface area contributed by atoms with E-state index in [9.17, 15) is 4.79 Å². The van der Waals surface area contributed by atoms with Crippen LogP contribution in [0.5, 0.6) is 0 Å². The third-order valence-electron chi connectivity index (χ3n) is 3.09. The summed E-state index contributed by atoms with van der Waals surface area (Å²) in [6.45, 7) is 4.19. The maximum atomic E-state index is 10.5. The largest absolute Gasteiger partial charge is 0.481 e. The van der Waals surface area contributed by atoms with Gasteiger partial charge in [0.2, 0.25) is 0 Å². The predicted molar refractivity (Wildman–Crippen MR) is 72.5 cm³/mol. The molecule has 0 spiro atoms. The molecule has 6 nitrogen and oxygen atoms in total. The Balaban J connectivity index is 2.25. The van der Waals surface area contributed by atoms with Gasteiger partial charge in [-0.05, 0) is 26.0 Å². The van der Waals surface area contributed by atoms with E-state index in [4.69, 9.17) is 5.11 Å². The molecule has 0 saturated heterocycles. The van der Waals surface area contributed by atoms with Crippen molar-refractivity contribution in [2.75, 3.05) is 11.9 Å². The highest BCUT2D eigenvalue weighted by atomic mass is 16.4. The van der Waals surface area contributed by atoms with Crippen LogP contribution in [0, 0.1) is 0 Å². The smallest absolute Gasteiger partial charge is 0.303 e. The van der Waals surface area contributed by atoms with Crippen molar-refractivity contribution in [2.45, 2.75) is 32.7 Å². The topological polar surface area (TPSA) is 70.7 Å². The molecule has 2 aromatic rings. The van der Waals surface area contributed by atoms with Crippen molar-refractivity contribution in [3.63, 3.8) is 0 Å². The SMILES string of the molecule is CC(C)N(C)c1ccc2nc(CCC(=O)O)cn2n1. The van der Waals surface area contributed by atoms with E-state index in [0.29, 0.717) is 12.5 Å². The Labute approximate surface area is 111 Å². The molecule has 0 aromatic carbocycles. The number of carbonyl (C=O) groups is 1.